The molecular weight excluding hydrogens is 300 g/mol. The molecule has 0 heterocycles. The minimum atomic E-state index is -0.605. The number of thioether (sulfide) groups is 1. The minimum Gasteiger partial charge on any atom is -0.508 e. The molecule has 2 N–H and O–H groups in total. The number of phenolic OH excluding ortho intramolecular Hbond substituents is 1. The number of carbonyl (C=O) groups is 1. The van der Waals surface area contributed by atoms with Gasteiger partial charge in [-0.15, -0.1) is 11.8 Å². The van der Waals surface area contributed by atoms with Gasteiger partial charge in [-0.3, -0.25) is 4.79 Å². The first-order valence-electron chi connectivity index (χ1n) is 6.88. The largest absolute Gasteiger partial charge is 0.508 e. The first kappa shape index (κ1) is 16.4. The molecule has 0 bridgehead atoms. The van der Waals surface area contributed by atoms with E-state index >= 15 is 0 Å². The van der Waals surface area contributed by atoms with Crippen LogP contribution in [-0.2, 0) is 0 Å². The number of hydrogen-bond acceptors (Lipinski definition) is 5. The average molecular weight is 318 g/mol. The van der Waals surface area contributed by atoms with Gasteiger partial charge in [0.2, 0.25) is 0 Å². The van der Waals surface area contributed by atoms with Crippen molar-refractivity contribution in [3.63, 3.8) is 0 Å². The molecule has 1 unspecified atom stereocenters. The number of aromatic hydroxyl groups is 1. The lowest BCUT2D eigenvalue weighted by atomic mass is 10.1. The van der Waals surface area contributed by atoms with Crippen LogP contribution in [0.4, 0.5) is 0 Å². The van der Waals surface area contributed by atoms with Gasteiger partial charge >= 0.3 is 0 Å². The van der Waals surface area contributed by atoms with E-state index in [1.54, 1.807) is 48.5 Å². The van der Waals surface area contributed by atoms with Crippen molar-refractivity contribution < 1.29 is 19.7 Å². The monoisotopic (exact) mass is 318 g/mol. The summed E-state index contributed by atoms with van der Waals surface area (Å²) in [7, 11) is 0. The van der Waals surface area contributed by atoms with E-state index in [0.717, 1.165) is 4.90 Å². The second-order valence-electron chi connectivity index (χ2n) is 4.85. The Morgan fingerprint density at radius 3 is 2.36 bits per heavy atom. The summed E-state index contributed by atoms with van der Waals surface area (Å²) in [6.07, 6.45) is -0.605. The topological polar surface area (TPSA) is 66.8 Å². The molecule has 0 saturated heterocycles. The summed E-state index contributed by atoms with van der Waals surface area (Å²) in [6.45, 7) is 1.70. The van der Waals surface area contributed by atoms with Crippen LogP contribution in [-0.4, -0.2) is 34.5 Å². The van der Waals surface area contributed by atoms with E-state index < -0.39 is 6.10 Å². The second-order valence-corrected chi connectivity index (χ2v) is 5.94. The fraction of sp³-hybridized carbons (Fsp3) is 0.235. The van der Waals surface area contributed by atoms with Gasteiger partial charge in [0.25, 0.3) is 0 Å². The number of aliphatic hydroxyl groups excluding tert-OH is 1. The van der Waals surface area contributed by atoms with Gasteiger partial charge in [-0.1, -0.05) is 0 Å². The highest BCUT2D eigenvalue weighted by atomic mass is 32.2. The molecular formula is C17H18O4S. The lowest BCUT2D eigenvalue weighted by Gasteiger charge is -2.12. The maximum atomic E-state index is 11.2. The van der Waals surface area contributed by atoms with Crippen LogP contribution in [0.25, 0.3) is 0 Å². The first-order chi connectivity index (χ1) is 10.5. The molecule has 4 nitrogen and oxygen atoms in total. The number of ether oxygens (including phenoxy) is 1. The highest BCUT2D eigenvalue weighted by Crippen LogP contribution is 2.21. The van der Waals surface area contributed by atoms with Gasteiger partial charge in [-0.2, -0.15) is 0 Å². The molecule has 0 aliphatic heterocycles. The predicted octanol–water partition coefficient (Wildman–Crippen LogP) is 3.13. The molecule has 2 aromatic rings. The Labute approximate surface area is 133 Å². The molecule has 22 heavy (non-hydrogen) atoms. The fourth-order valence-electron chi connectivity index (χ4n) is 1.76. The Kier molecular flexibility index (Phi) is 5.86. The van der Waals surface area contributed by atoms with Crippen molar-refractivity contribution in [3.8, 4) is 11.5 Å². The van der Waals surface area contributed by atoms with E-state index in [9.17, 15) is 15.0 Å². The molecule has 0 aliphatic rings. The fourth-order valence-corrected chi connectivity index (χ4v) is 2.57. The van der Waals surface area contributed by atoms with Gasteiger partial charge < -0.3 is 14.9 Å². The molecule has 2 rings (SSSR count). The molecule has 0 spiro atoms. The zero-order valence-corrected chi connectivity index (χ0v) is 13.0. The van der Waals surface area contributed by atoms with Crippen molar-refractivity contribution in [2.24, 2.45) is 0 Å². The highest BCUT2D eigenvalue weighted by Gasteiger charge is 2.07. The molecule has 0 amide bonds. The molecule has 0 radical (unpaired) electrons. The standard InChI is InChI=1S/C17H18O4S/c1-12(18)13-2-6-16(7-3-13)21-10-15(20)11-22-17-8-4-14(19)5-9-17/h2-9,15,19-20H,10-11H2,1H3. The molecule has 116 valence electrons. The average Bonchev–Trinajstić information content (AvgIpc) is 2.52. The Morgan fingerprint density at radius 1 is 1.14 bits per heavy atom. The molecule has 2 aromatic carbocycles. The Bertz CT molecular complexity index is 608. The van der Waals surface area contributed by atoms with Crippen molar-refractivity contribution in [2.45, 2.75) is 17.9 Å². The van der Waals surface area contributed by atoms with Crippen molar-refractivity contribution in [2.75, 3.05) is 12.4 Å². The van der Waals surface area contributed by atoms with Crippen LogP contribution >= 0.6 is 11.8 Å². The number of rotatable bonds is 7. The number of ketones is 1. The molecule has 0 fully saturated rings. The normalized spacial score (nSPS) is 11.9. The molecule has 0 aromatic heterocycles. The minimum absolute atomic E-state index is 0.0110. The van der Waals surface area contributed by atoms with E-state index in [-0.39, 0.29) is 18.1 Å². The summed E-state index contributed by atoms with van der Waals surface area (Å²) in [5.74, 6) is 1.36. The summed E-state index contributed by atoms with van der Waals surface area (Å²) in [6, 6.07) is 13.7. The lowest BCUT2D eigenvalue weighted by Crippen LogP contribution is -2.20. The van der Waals surface area contributed by atoms with Crippen molar-refractivity contribution >= 4 is 17.5 Å². The highest BCUT2D eigenvalue weighted by molar-refractivity contribution is 7.99. The number of Topliss-reactive ketones (excluding diaryl/α,β-unsaturated/α-hetero) is 1. The Hall–Kier alpha value is -1.98. The van der Waals surface area contributed by atoms with E-state index in [4.69, 9.17) is 4.74 Å². The summed E-state index contributed by atoms with van der Waals surface area (Å²) in [4.78, 5) is 12.1. The number of benzene rings is 2. The van der Waals surface area contributed by atoms with Gasteiger partial charge in [-0.05, 0) is 55.5 Å². The summed E-state index contributed by atoms with van der Waals surface area (Å²) < 4.78 is 5.50. The van der Waals surface area contributed by atoms with Crippen LogP contribution in [0, 0.1) is 0 Å². The first-order valence-corrected chi connectivity index (χ1v) is 7.87. The molecule has 0 aliphatic carbocycles. The van der Waals surface area contributed by atoms with Gasteiger partial charge in [0.1, 0.15) is 18.1 Å². The maximum absolute atomic E-state index is 11.2. The van der Waals surface area contributed by atoms with Crippen molar-refractivity contribution in [1.82, 2.24) is 0 Å². The second kappa shape index (κ2) is 7.87. The maximum Gasteiger partial charge on any atom is 0.159 e. The number of hydrogen-bond donors (Lipinski definition) is 2. The van der Waals surface area contributed by atoms with E-state index in [0.29, 0.717) is 17.1 Å². The number of phenols is 1. The lowest BCUT2D eigenvalue weighted by molar-refractivity contribution is 0.101. The van der Waals surface area contributed by atoms with E-state index in [1.165, 1.54) is 18.7 Å². The Morgan fingerprint density at radius 2 is 1.77 bits per heavy atom. The zero-order valence-electron chi connectivity index (χ0n) is 12.2. The van der Waals surface area contributed by atoms with Crippen LogP contribution in [0.15, 0.2) is 53.4 Å². The number of carbonyl (C=O) groups excluding carboxylic acids is 1. The van der Waals surface area contributed by atoms with Gasteiger partial charge in [-0.25, -0.2) is 0 Å². The van der Waals surface area contributed by atoms with E-state index in [2.05, 4.69) is 0 Å². The van der Waals surface area contributed by atoms with Crippen molar-refractivity contribution in [3.05, 3.63) is 54.1 Å². The van der Waals surface area contributed by atoms with Crippen LogP contribution in [0.3, 0.4) is 0 Å². The third kappa shape index (κ3) is 5.09. The quantitative estimate of drug-likeness (QED) is 0.606. The van der Waals surface area contributed by atoms with Crippen LogP contribution in [0.1, 0.15) is 17.3 Å². The third-order valence-electron chi connectivity index (χ3n) is 2.98. The summed E-state index contributed by atoms with van der Waals surface area (Å²) >= 11 is 1.49. The SMILES string of the molecule is CC(=O)c1ccc(OCC(O)CSc2ccc(O)cc2)cc1. The van der Waals surface area contributed by atoms with Crippen LogP contribution < -0.4 is 4.74 Å². The van der Waals surface area contributed by atoms with Gasteiger partial charge in [0, 0.05) is 16.2 Å². The van der Waals surface area contributed by atoms with Crippen LogP contribution in [0.5, 0.6) is 11.5 Å². The molecule has 0 saturated carbocycles. The van der Waals surface area contributed by atoms with Crippen molar-refractivity contribution in [1.29, 1.82) is 0 Å². The summed E-state index contributed by atoms with van der Waals surface area (Å²) in [5.41, 5.74) is 0.635. The third-order valence-corrected chi connectivity index (χ3v) is 4.14. The zero-order chi connectivity index (χ0) is 15.9. The Balaban J connectivity index is 1.76. The number of aliphatic hydroxyl groups is 1. The van der Waals surface area contributed by atoms with Gasteiger partial charge in [0.05, 0.1) is 6.10 Å². The smallest absolute Gasteiger partial charge is 0.159 e. The van der Waals surface area contributed by atoms with Gasteiger partial charge in [0.15, 0.2) is 5.78 Å². The van der Waals surface area contributed by atoms with Crippen LogP contribution in [0.2, 0.25) is 0 Å². The summed E-state index contributed by atoms with van der Waals surface area (Å²) in [5, 5.41) is 19.1. The molecule has 1 atom stereocenters. The van der Waals surface area contributed by atoms with E-state index in [1.807, 2.05) is 0 Å². The predicted molar refractivity (Wildman–Crippen MR) is 86.8 cm³/mol. The molecule has 5 heteroatoms.